The molecule has 6 nitrogen and oxygen atoms in total. The second kappa shape index (κ2) is 5.39. The van der Waals surface area contributed by atoms with Crippen LogP contribution in [0.2, 0.25) is 5.15 Å². The minimum Gasteiger partial charge on any atom is -0.477 e. The molecular weight excluding hydrogens is 324 g/mol. The van der Waals surface area contributed by atoms with Crippen molar-refractivity contribution in [3.8, 4) is 0 Å². The molecule has 0 bridgehead atoms. The molecule has 0 aliphatic rings. The van der Waals surface area contributed by atoms with Crippen LogP contribution in [0.25, 0.3) is 0 Å². The second-order valence-electron chi connectivity index (χ2n) is 3.88. The number of aromatic carboxylic acids is 1. The van der Waals surface area contributed by atoms with Crippen LogP contribution in [0.1, 0.15) is 15.2 Å². The first-order valence-corrected chi connectivity index (χ1v) is 7.95. The molecule has 0 fully saturated rings. The number of hydrogen-bond acceptors (Lipinski definition) is 5. The third-order valence-electron chi connectivity index (χ3n) is 2.28. The molecule has 2 aromatic heterocycles. The molecule has 0 aromatic carbocycles. The first-order chi connectivity index (χ1) is 9.29. The Bertz CT molecular complexity index is 770. The van der Waals surface area contributed by atoms with Crippen molar-refractivity contribution in [1.82, 2.24) is 4.98 Å². The molecule has 0 saturated carbocycles. The van der Waals surface area contributed by atoms with E-state index in [-0.39, 0.29) is 19.9 Å². The fraction of sp³-hybridized carbons (Fsp3) is 0.0909. The highest BCUT2D eigenvalue weighted by Crippen LogP contribution is 2.27. The summed E-state index contributed by atoms with van der Waals surface area (Å²) >= 11 is 6.48. The standard InChI is InChI=1S/C11H9ClN2O4S2/c1-6-4-7(10(12)13-5-6)14-20(17,18)9-3-2-8(19-9)11(15)16/h2-5,14H,1H3,(H,15,16). The fourth-order valence-corrected chi connectivity index (χ4v) is 3.81. The number of nitrogens with zero attached hydrogens (tertiary/aromatic N) is 1. The van der Waals surface area contributed by atoms with Gasteiger partial charge in [-0.25, -0.2) is 18.2 Å². The van der Waals surface area contributed by atoms with E-state index in [2.05, 4.69) is 9.71 Å². The molecule has 0 amide bonds. The van der Waals surface area contributed by atoms with Crippen molar-refractivity contribution < 1.29 is 18.3 Å². The van der Waals surface area contributed by atoms with E-state index in [1.54, 1.807) is 13.0 Å². The van der Waals surface area contributed by atoms with Crippen molar-refractivity contribution in [2.24, 2.45) is 0 Å². The van der Waals surface area contributed by atoms with E-state index in [0.29, 0.717) is 11.3 Å². The lowest BCUT2D eigenvalue weighted by atomic mass is 10.3. The average molecular weight is 333 g/mol. The van der Waals surface area contributed by atoms with Crippen LogP contribution in [0.15, 0.2) is 28.6 Å². The van der Waals surface area contributed by atoms with Gasteiger partial charge in [0.1, 0.15) is 9.09 Å². The Morgan fingerprint density at radius 1 is 1.45 bits per heavy atom. The van der Waals surface area contributed by atoms with E-state index < -0.39 is 16.0 Å². The van der Waals surface area contributed by atoms with Crippen molar-refractivity contribution in [2.75, 3.05) is 4.72 Å². The molecule has 0 atom stereocenters. The quantitative estimate of drug-likeness (QED) is 0.839. The molecule has 2 aromatic rings. The predicted molar refractivity (Wildman–Crippen MR) is 76.1 cm³/mol. The summed E-state index contributed by atoms with van der Waals surface area (Å²) in [5.41, 5.74) is 0.890. The zero-order valence-corrected chi connectivity index (χ0v) is 12.5. The highest BCUT2D eigenvalue weighted by atomic mass is 35.5. The zero-order valence-electron chi connectivity index (χ0n) is 10.1. The largest absolute Gasteiger partial charge is 0.477 e. The summed E-state index contributed by atoms with van der Waals surface area (Å²) in [6, 6.07) is 4.00. The van der Waals surface area contributed by atoms with Gasteiger partial charge in [0.2, 0.25) is 0 Å². The Kier molecular flexibility index (Phi) is 3.98. The van der Waals surface area contributed by atoms with Gasteiger partial charge in [-0.3, -0.25) is 4.72 Å². The Morgan fingerprint density at radius 2 is 2.15 bits per heavy atom. The molecule has 106 valence electrons. The highest BCUT2D eigenvalue weighted by molar-refractivity contribution is 7.94. The number of carboxylic acid groups (broad SMARTS) is 1. The van der Waals surface area contributed by atoms with Crippen LogP contribution in [0.5, 0.6) is 0 Å². The number of halogens is 1. The van der Waals surface area contributed by atoms with Gasteiger partial charge in [-0.15, -0.1) is 11.3 Å². The van der Waals surface area contributed by atoms with Gasteiger partial charge in [0.25, 0.3) is 10.0 Å². The Balaban J connectivity index is 2.35. The Morgan fingerprint density at radius 3 is 2.75 bits per heavy atom. The van der Waals surface area contributed by atoms with Crippen molar-refractivity contribution in [3.63, 3.8) is 0 Å². The summed E-state index contributed by atoms with van der Waals surface area (Å²) in [5.74, 6) is -1.17. The minimum atomic E-state index is -3.88. The molecule has 2 N–H and O–H groups in total. The first-order valence-electron chi connectivity index (χ1n) is 5.28. The van der Waals surface area contributed by atoms with Gasteiger partial charge in [-0.1, -0.05) is 11.6 Å². The van der Waals surface area contributed by atoms with Gasteiger partial charge in [0.15, 0.2) is 5.15 Å². The molecular formula is C11H9ClN2O4S2. The average Bonchev–Trinajstić information content (AvgIpc) is 2.84. The lowest BCUT2D eigenvalue weighted by molar-refractivity contribution is 0.0702. The number of pyridine rings is 1. The van der Waals surface area contributed by atoms with Crippen molar-refractivity contribution in [3.05, 3.63) is 40.0 Å². The van der Waals surface area contributed by atoms with Crippen LogP contribution in [0.3, 0.4) is 0 Å². The third-order valence-corrected chi connectivity index (χ3v) is 5.51. The van der Waals surface area contributed by atoms with Crippen LogP contribution in [0.4, 0.5) is 5.69 Å². The second-order valence-corrected chi connectivity index (χ2v) is 7.23. The number of carbonyl (C=O) groups is 1. The zero-order chi connectivity index (χ0) is 14.9. The number of sulfonamides is 1. The molecule has 2 heterocycles. The Labute approximate surface area is 124 Å². The van der Waals surface area contributed by atoms with Crippen LogP contribution in [-0.4, -0.2) is 24.5 Å². The smallest absolute Gasteiger partial charge is 0.345 e. The molecule has 9 heteroatoms. The fourth-order valence-electron chi connectivity index (χ4n) is 1.40. The number of carboxylic acids is 1. The van der Waals surface area contributed by atoms with Crippen molar-refractivity contribution in [1.29, 1.82) is 0 Å². The van der Waals surface area contributed by atoms with Crippen molar-refractivity contribution >= 4 is 44.6 Å². The highest BCUT2D eigenvalue weighted by Gasteiger charge is 2.20. The number of thiophene rings is 1. The first kappa shape index (κ1) is 14.8. The summed E-state index contributed by atoms with van der Waals surface area (Å²) < 4.78 is 26.4. The molecule has 0 aliphatic carbocycles. The lowest BCUT2D eigenvalue weighted by Crippen LogP contribution is -2.12. The molecule has 2 rings (SSSR count). The summed E-state index contributed by atoms with van der Waals surface area (Å²) in [6.07, 6.45) is 1.51. The van der Waals surface area contributed by atoms with E-state index >= 15 is 0 Å². The molecule has 0 aliphatic heterocycles. The maximum absolute atomic E-state index is 12.1. The summed E-state index contributed by atoms with van der Waals surface area (Å²) in [4.78, 5) is 14.5. The lowest BCUT2D eigenvalue weighted by Gasteiger charge is -2.08. The van der Waals surface area contributed by atoms with E-state index in [4.69, 9.17) is 16.7 Å². The van der Waals surface area contributed by atoms with E-state index in [1.807, 2.05) is 0 Å². The van der Waals surface area contributed by atoms with E-state index in [9.17, 15) is 13.2 Å². The van der Waals surface area contributed by atoms with Gasteiger partial charge in [0.05, 0.1) is 5.69 Å². The molecule has 0 radical (unpaired) electrons. The van der Waals surface area contributed by atoms with Crippen LogP contribution in [-0.2, 0) is 10.0 Å². The number of hydrogen-bond donors (Lipinski definition) is 2. The number of nitrogens with one attached hydrogen (secondary N) is 1. The van der Waals surface area contributed by atoms with Gasteiger partial charge in [-0.05, 0) is 30.7 Å². The molecule has 0 spiro atoms. The van der Waals surface area contributed by atoms with Gasteiger partial charge < -0.3 is 5.11 Å². The number of aryl methyl sites for hydroxylation is 1. The van der Waals surface area contributed by atoms with Crippen LogP contribution < -0.4 is 4.72 Å². The van der Waals surface area contributed by atoms with Crippen LogP contribution >= 0.6 is 22.9 Å². The SMILES string of the molecule is Cc1cnc(Cl)c(NS(=O)(=O)c2ccc(C(=O)O)s2)c1. The monoisotopic (exact) mass is 332 g/mol. The number of rotatable bonds is 4. The van der Waals surface area contributed by atoms with Gasteiger partial charge >= 0.3 is 5.97 Å². The van der Waals surface area contributed by atoms with E-state index in [0.717, 1.165) is 5.56 Å². The maximum Gasteiger partial charge on any atom is 0.345 e. The van der Waals surface area contributed by atoms with Gasteiger partial charge in [0, 0.05) is 6.20 Å². The van der Waals surface area contributed by atoms with Crippen LogP contribution in [0, 0.1) is 6.92 Å². The topological polar surface area (TPSA) is 96.4 Å². The maximum atomic E-state index is 12.1. The number of aromatic nitrogens is 1. The third kappa shape index (κ3) is 3.09. The van der Waals surface area contributed by atoms with Gasteiger partial charge in [-0.2, -0.15) is 0 Å². The summed E-state index contributed by atoms with van der Waals surface area (Å²) in [6.45, 7) is 1.74. The predicted octanol–water partition coefficient (Wildman–Crippen LogP) is 2.60. The molecule has 20 heavy (non-hydrogen) atoms. The Hall–Kier alpha value is -1.64. The molecule has 0 unspecified atom stereocenters. The van der Waals surface area contributed by atoms with E-state index in [1.165, 1.54) is 18.3 Å². The molecule has 0 saturated heterocycles. The van der Waals surface area contributed by atoms with Crippen molar-refractivity contribution in [2.45, 2.75) is 11.1 Å². The summed E-state index contributed by atoms with van der Waals surface area (Å²) in [5, 5.41) is 8.82. The minimum absolute atomic E-state index is 0.0224. The normalized spacial score (nSPS) is 11.3. The number of anilines is 1. The summed E-state index contributed by atoms with van der Waals surface area (Å²) in [7, 11) is -3.88.